The number of oxazole rings is 1. The van der Waals surface area contributed by atoms with Gasteiger partial charge in [0.05, 0.1) is 15.6 Å². The van der Waals surface area contributed by atoms with Crippen LogP contribution < -0.4 is 10.1 Å². The van der Waals surface area contributed by atoms with E-state index < -0.39 is 0 Å². The average Bonchev–Trinajstić information content (AvgIpc) is 3.12. The van der Waals surface area contributed by atoms with Gasteiger partial charge in [-0.25, -0.2) is 4.98 Å². The third-order valence-corrected chi connectivity index (χ3v) is 4.79. The maximum atomic E-state index is 12.1. The summed E-state index contributed by atoms with van der Waals surface area (Å²) < 4.78 is 11.2. The molecule has 0 radical (unpaired) electrons. The largest absolute Gasteiger partial charge is 0.484 e. The molecule has 4 rings (SSSR count). The molecule has 1 amide bonds. The third kappa shape index (κ3) is 3.96. The summed E-state index contributed by atoms with van der Waals surface area (Å²) >= 11 is 12.3. The number of rotatable bonds is 5. The number of anilines is 1. The smallest absolute Gasteiger partial charge is 0.262 e. The molecule has 1 heterocycles. The summed E-state index contributed by atoms with van der Waals surface area (Å²) in [5.74, 6) is 0.718. The van der Waals surface area contributed by atoms with Crippen molar-refractivity contribution < 1.29 is 13.9 Å². The van der Waals surface area contributed by atoms with Crippen molar-refractivity contribution in [3.8, 4) is 17.2 Å². The van der Waals surface area contributed by atoms with Gasteiger partial charge < -0.3 is 14.5 Å². The normalized spacial score (nSPS) is 10.8. The molecule has 0 spiro atoms. The Balaban J connectivity index is 1.50. The van der Waals surface area contributed by atoms with Crippen molar-refractivity contribution in [1.29, 1.82) is 0 Å². The molecule has 0 aliphatic carbocycles. The van der Waals surface area contributed by atoms with Crippen LogP contribution in [0.3, 0.4) is 0 Å². The summed E-state index contributed by atoms with van der Waals surface area (Å²) in [6.07, 6.45) is 0. The Hall–Kier alpha value is -3.02. The second-order valence-electron chi connectivity index (χ2n) is 5.95. The van der Waals surface area contributed by atoms with Crippen molar-refractivity contribution in [2.45, 2.75) is 0 Å². The predicted octanol–water partition coefficient (Wildman–Crippen LogP) is 5.82. The fraction of sp³-hybridized carbons (Fsp3) is 0.0476. The summed E-state index contributed by atoms with van der Waals surface area (Å²) in [5, 5.41) is 3.58. The minimum atomic E-state index is -0.273. The van der Waals surface area contributed by atoms with Crippen molar-refractivity contribution in [2.75, 3.05) is 11.9 Å². The van der Waals surface area contributed by atoms with E-state index in [2.05, 4.69) is 10.3 Å². The van der Waals surface area contributed by atoms with E-state index in [-0.39, 0.29) is 12.5 Å². The van der Waals surface area contributed by atoms with Gasteiger partial charge in [-0.1, -0.05) is 47.5 Å². The first-order valence-electron chi connectivity index (χ1n) is 8.43. The van der Waals surface area contributed by atoms with Crippen molar-refractivity contribution in [3.63, 3.8) is 0 Å². The molecule has 140 valence electrons. The summed E-state index contributed by atoms with van der Waals surface area (Å²) in [5.41, 5.74) is 2.36. The molecule has 0 aliphatic heterocycles. The average molecular weight is 413 g/mol. The van der Waals surface area contributed by atoms with Crippen LogP contribution in [0.5, 0.6) is 5.75 Å². The van der Waals surface area contributed by atoms with Crippen molar-refractivity contribution in [1.82, 2.24) is 4.98 Å². The van der Waals surface area contributed by atoms with Crippen LogP contribution in [0.1, 0.15) is 0 Å². The molecule has 1 aromatic heterocycles. The molecule has 5 nitrogen and oxygen atoms in total. The fourth-order valence-electron chi connectivity index (χ4n) is 2.65. The quantitative estimate of drug-likeness (QED) is 0.448. The van der Waals surface area contributed by atoms with Crippen molar-refractivity contribution in [3.05, 3.63) is 76.8 Å². The maximum Gasteiger partial charge on any atom is 0.262 e. The Bertz CT molecular complexity index is 1140. The number of amides is 1. The lowest BCUT2D eigenvalue weighted by molar-refractivity contribution is -0.118. The van der Waals surface area contributed by atoms with Crippen LogP contribution in [0.25, 0.3) is 22.6 Å². The first-order valence-corrected chi connectivity index (χ1v) is 9.18. The fourth-order valence-corrected chi connectivity index (χ4v) is 3.03. The zero-order valence-corrected chi connectivity index (χ0v) is 16.0. The topological polar surface area (TPSA) is 64.4 Å². The first-order chi connectivity index (χ1) is 13.6. The highest BCUT2D eigenvalue weighted by molar-refractivity contribution is 6.43. The zero-order valence-electron chi connectivity index (χ0n) is 14.5. The molecule has 28 heavy (non-hydrogen) atoms. The number of para-hydroxylation sites is 1. The van der Waals surface area contributed by atoms with Gasteiger partial charge in [0.25, 0.3) is 5.91 Å². The lowest BCUT2D eigenvalue weighted by Gasteiger charge is -2.07. The standard InChI is InChI=1S/C21H14Cl2N2O3/c22-16-8-4-7-15(20(16)23)21-25-17-11-13(9-10-18(17)28-21)24-19(26)12-27-14-5-2-1-3-6-14/h1-11H,12H2,(H,24,26). The SMILES string of the molecule is O=C(COc1ccccc1)Nc1ccc2oc(-c3cccc(Cl)c3Cl)nc2c1. The summed E-state index contributed by atoms with van der Waals surface area (Å²) in [4.78, 5) is 16.6. The molecule has 0 saturated carbocycles. The number of halogens is 2. The molecule has 3 aromatic carbocycles. The molecule has 0 saturated heterocycles. The lowest BCUT2D eigenvalue weighted by Crippen LogP contribution is -2.20. The van der Waals surface area contributed by atoms with Crippen molar-refractivity contribution in [2.24, 2.45) is 0 Å². The number of hydrogen-bond acceptors (Lipinski definition) is 4. The lowest BCUT2D eigenvalue weighted by atomic mass is 10.2. The molecule has 0 aliphatic rings. The van der Waals surface area contributed by atoms with Gasteiger partial charge in [-0.3, -0.25) is 4.79 Å². The highest BCUT2D eigenvalue weighted by atomic mass is 35.5. The van der Waals surface area contributed by atoms with Crippen LogP contribution >= 0.6 is 23.2 Å². The van der Waals surface area contributed by atoms with E-state index in [9.17, 15) is 4.79 Å². The van der Waals surface area contributed by atoms with Crippen LogP contribution in [0.4, 0.5) is 5.69 Å². The van der Waals surface area contributed by atoms with Gasteiger partial charge in [0.1, 0.15) is 11.3 Å². The van der Waals surface area contributed by atoms with Crippen LogP contribution in [-0.4, -0.2) is 17.5 Å². The Kier molecular flexibility index (Phi) is 5.19. The van der Waals surface area contributed by atoms with E-state index in [1.54, 1.807) is 48.5 Å². The van der Waals surface area contributed by atoms with Gasteiger partial charge in [0, 0.05) is 5.69 Å². The molecule has 7 heteroatoms. The number of ether oxygens (including phenoxy) is 1. The van der Waals surface area contributed by atoms with Gasteiger partial charge in [-0.05, 0) is 42.5 Å². The monoisotopic (exact) mass is 412 g/mol. The Morgan fingerprint density at radius 3 is 2.68 bits per heavy atom. The number of fused-ring (bicyclic) bond motifs is 1. The summed E-state index contributed by atoms with van der Waals surface area (Å²) in [6.45, 7) is -0.0930. The van der Waals surface area contributed by atoms with Crippen LogP contribution in [-0.2, 0) is 4.79 Å². The molecule has 0 bridgehead atoms. The first kappa shape index (κ1) is 18.3. The third-order valence-electron chi connectivity index (χ3n) is 3.97. The zero-order chi connectivity index (χ0) is 19.5. The number of aromatic nitrogens is 1. The van der Waals surface area contributed by atoms with E-state index in [0.717, 1.165) is 0 Å². The minimum Gasteiger partial charge on any atom is -0.484 e. The highest BCUT2D eigenvalue weighted by Crippen LogP contribution is 2.34. The summed E-state index contributed by atoms with van der Waals surface area (Å²) in [6, 6.07) is 19.6. The molecule has 4 aromatic rings. The number of carbonyl (C=O) groups is 1. The second kappa shape index (κ2) is 7.92. The predicted molar refractivity (Wildman–Crippen MR) is 110 cm³/mol. The minimum absolute atomic E-state index is 0.0930. The van der Waals surface area contributed by atoms with E-state index >= 15 is 0 Å². The van der Waals surface area contributed by atoms with Crippen LogP contribution in [0.2, 0.25) is 10.0 Å². The number of carbonyl (C=O) groups excluding carboxylic acids is 1. The number of benzene rings is 3. The van der Waals surface area contributed by atoms with Gasteiger partial charge in [-0.15, -0.1) is 0 Å². The van der Waals surface area contributed by atoms with Crippen LogP contribution in [0, 0.1) is 0 Å². The molecule has 0 atom stereocenters. The summed E-state index contributed by atoms with van der Waals surface area (Å²) in [7, 11) is 0. The molecule has 0 unspecified atom stereocenters. The number of nitrogens with zero attached hydrogens (tertiary/aromatic N) is 1. The molecular weight excluding hydrogens is 399 g/mol. The van der Waals surface area contributed by atoms with E-state index in [4.69, 9.17) is 32.4 Å². The number of nitrogens with one attached hydrogen (secondary N) is 1. The Morgan fingerprint density at radius 2 is 1.86 bits per heavy atom. The van der Waals surface area contributed by atoms with Gasteiger partial charge in [0.15, 0.2) is 12.2 Å². The van der Waals surface area contributed by atoms with E-state index in [1.165, 1.54) is 0 Å². The highest BCUT2D eigenvalue weighted by Gasteiger charge is 2.14. The van der Waals surface area contributed by atoms with Crippen LogP contribution in [0.15, 0.2) is 71.1 Å². The maximum absolute atomic E-state index is 12.1. The van der Waals surface area contributed by atoms with Gasteiger partial charge in [-0.2, -0.15) is 0 Å². The van der Waals surface area contributed by atoms with E-state index in [1.807, 2.05) is 18.2 Å². The Labute approximate surface area is 170 Å². The van der Waals surface area contributed by atoms with Crippen molar-refractivity contribution >= 4 is 45.9 Å². The Morgan fingerprint density at radius 1 is 1.04 bits per heavy atom. The molecule has 0 fully saturated rings. The number of hydrogen-bond donors (Lipinski definition) is 1. The second-order valence-corrected chi connectivity index (χ2v) is 6.74. The van der Waals surface area contributed by atoms with E-state index in [0.29, 0.717) is 44.0 Å². The van der Waals surface area contributed by atoms with Gasteiger partial charge >= 0.3 is 0 Å². The molecule has 1 N–H and O–H groups in total. The van der Waals surface area contributed by atoms with Gasteiger partial charge in [0.2, 0.25) is 5.89 Å². The molecular formula is C21H14Cl2N2O3.